The van der Waals surface area contributed by atoms with E-state index in [4.69, 9.17) is 0 Å². The Kier molecular flexibility index (Phi) is 4.63. The van der Waals surface area contributed by atoms with Crippen molar-refractivity contribution < 1.29 is 28.2 Å². The molecule has 0 radical (unpaired) electrons. The molecular formula is C25H20F2N2O4. The van der Waals surface area contributed by atoms with Gasteiger partial charge in [0.05, 0.1) is 11.1 Å². The number of aliphatic hydroxyl groups excluding tert-OH is 1. The molecule has 2 aliphatic rings. The minimum atomic E-state index is -3.71. The Morgan fingerprint density at radius 1 is 1.09 bits per heavy atom. The third kappa shape index (κ3) is 3.77. The molecule has 3 aromatic rings. The zero-order chi connectivity index (χ0) is 23.4. The van der Waals surface area contributed by atoms with Crippen molar-refractivity contribution in [3.63, 3.8) is 0 Å². The van der Waals surface area contributed by atoms with Crippen molar-refractivity contribution in [3.8, 4) is 22.8 Å². The van der Waals surface area contributed by atoms with Gasteiger partial charge in [-0.3, -0.25) is 4.79 Å². The Hall–Kier alpha value is -3.94. The van der Waals surface area contributed by atoms with Crippen LogP contribution in [-0.4, -0.2) is 22.3 Å². The molecule has 8 heteroatoms. The van der Waals surface area contributed by atoms with Gasteiger partial charge in [-0.15, -0.1) is 8.78 Å². The van der Waals surface area contributed by atoms with Gasteiger partial charge in [-0.2, -0.15) is 0 Å². The van der Waals surface area contributed by atoms with E-state index in [1.165, 1.54) is 12.1 Å². The van der Waals surface area contributed by atoms with Gasteiger partial charge in [0.15, 0.2) is 11.5 Å². The molecule has 0 saturated heterocycles. The van der Waals surface area contributed by atoms with Crippen molar-refractivity contribution in [3.05, 3.63) is 77.9 Å². The Balaban J connectivity index is 1.40. The molecule has 1 aliphatic carbocycles. The number of carbonyl (C=O) groups excluding carboxylic acids is 1. The summed E-state index contributed by atoms with van der Waals surface area (Å²) < 4.78 is 35.7. The fraction of sp³-hybridized carbons (Fsp3) is 0.200. The van der Waals surface area contributed by atoms with Crippen molar-refractivity contribution in [2.24, 2.45) is 0 Å². The maximum Gasteiger partial charge on any atom is 0.586 e. The van der Waals surface area contributed by atoms with Gasteiger partial charge >= 0.3 is 6.29 Å². The van der Waals surface area contributed by atoms with Crippen molar-refractivity contribution in [2.45, 2.75) is 31.5 Å². The summed E-state index contributed by atoms with van der Waals surface area (Å²) in [6.07, 6.45) is -2.55. The fourth-order valence-corrected chi connectivity index (χ4v) is 3.99. The molecular weight excluding hydrogens is 430 g/mol. The van der Waals surface area contributed by atoms with E-state index in [1.807, 2.05) is 19.1 Å². The van der Waals surface area contributed by atoms with Gasteiger partial charge in [0.25, 0.3) is 0 Å². The second-order valence-electron chi connectivity index (χ2n) is 8.25. The number of pyridine rings is 1. The maximum atomic E-state index is 13.4. The van der Waals surface area contributed by atoms with Gasteiger partial charge in [0.1, 0.15) is 11.6 Å². The summed E-state index contributed by atoms with van der Waals surface area (Å²) in [4.78, 5) is 17.8. The third-order valence-electron chi connectivity index (χ3n) is 5.95. The summed E-state index contributed by atoms with van der Waals surface area (Å²) >= 11 is 0. The number of carbonyl (C=O) groups is 1. The van der Waals surface area contributed by atoms with Crippen molar-refractivity contribution in [1.82, 2.24) is 4.98 Å². The number of hydrogen-bond donors (Lipinski definition) is 2. The molecule has 33 heavy (non-hydrogen) atoms. The van der Waals surface area contributed by atoms with Gasteiger partial charge in [-0.05, 0) is 55.2 Å². The number of alkyl halides is 2. The highest BCUT2D eigenvalue weighted by Gasteiger charge is 2.53. The number of benzene rings is 2. The third-order valence-corrected chi connectivity index (χ3v) is 5.95. The van der Waals surface area contributed by atoms with Gasteiger partial charge in [0, 0.05) is 11.1 Å². The summed E-state index contributed by atoms with van der Waals surface area (Å²) in [7, 11) is 0. The fourth-order valence-electron chi connectivity index (χ4n) is 3.99. The number of anilines is 1. The van der Waals surface area contributed by atoms with E-state index in [9.17, 15) is 18.7 Å². The summed E-state index contributed by atoms with van der Waals surface area (Å²) in [5.74, 6) is -0.0910. The first-order chi connectivity index (χ1) is 15.7. The lowest BCUT2D eigenvalue weighted by Crippen LogP contribution is -2.28. The van der Waals surface area contributed by atoms with Crippen LogP contribution in [0, 0.1) is 6.92 Å². The van der Waals surface area contributed by atoms with Crippen LogP contribution in [0.4, 0.5) is 14.6 Å². The first-order valence-electron chi connectivity index (χ1n) is 10.4. The van der Waals surface area contributed by atoms with Crippen LogP contribution in [-0.2, 0) is 10.2 Å². The van der Waals surface area contributed by atoms with Gasteiger partial charge in [-0.25, -0.2) is 4.98 Å². The second-order valence-corrected chi connectivity index (χ2v) is 8.25. The van der Waals surface area contributed by atoms with Gasteiger partial charge in [0.2, 0.25) is 5.91 Å². The SMILES string of the molecule is C=C(O)c1cccc(-c2nc(NC(=O)C3(c4ccc5c(c4)OC(F)(F)O5)CC3)ccc2C)c1. The number of aryl methyl sites for hydroxylation is 1. The minimum absolute atomic E-state index is 0.0453. The maximum absolute atomic E-state index is 13.4. The molecule has 0 unspecified atom stereocenters. The molecule has 2 heterocycles. The lowest BCUT2D eigenvalue weighted by atomic mass is 9.94. The molecule has 168 valence electrons. The minimum Gasteiger partial charge on any atom is -0.508 e. The molecule has 0 bridgehead atoms. The quantitative estimate of drug-likeness (QED) is 0.496. The van der Waals surface area contributed by atoms with E-state index in [0.717, 1.165) is 11.1 Å². The summed E-state index contributed by atoms with van der Waals surface area (Å²) in [6, 6.07) is 15.2. The smallest absolute Gasteiger partial charge is 0.508 e. The Morgan fingerprint density at radius 3 is 2.58 bits per heavy atom. The Labute approximate surface area is 188 Å². The summed E-state index contributed by atoms with van der Waals surface area (Å²) in [5, 5.41) is 12.6. The monoisotopic (exact) mass is 450 g/mol. The molecule has 0 atom stereocenters. The van der Waals surface area contributed by atoms with E-state index >= 15 is 0 Å². The number of ether oxygens (including phenoxy) is 2. The lowest BCUT2D eigenvalue weighted by molar-refractivity contribution is -0.286. The molecule has 2 N–H and O–H groups in total. The molecule has 5 rings (SSSR count). The highest BCUT2D eigenvalue weighted by Crippen LogP contribution is 2.52. The predicted octanol–water partition coefficient (Wildman–Crippen LogP) is 5.58. The largest absolute Gasteiger partial charge is 0.586 e. The van der Waals surface area contributed by atoms with Crippen LogP contribution < -0.4 is 14.8 Å². The van der Waals surface area contributed by atoms with Crippen LogP contribution in [0.25, 0.3) is 17.0 Å². The number of amides is 1. The Bertz CT molecular complexity index is 1300. The number of aromatic nitrogens is 1. The van der Waals surface area contributed by atoms with Gasteiger partial charge < -0.3 is 19.9 Å². The van der Waals surface area contributed by atoms with Crippen LogP contribution in [0.2, 0.25) is 0 Å². The van der Waals surface area contributed by atoms with E-state index in [2.05, 4.69) is 26.4 Å². The van der Waals surface area contributed by atoms with Crippen molar-refractivity contribution in [2.75, 3.05) is 5.32 Å². The second kappa shape index (κ2) is 7.30. The number of halogens is 2. The van der Waals surface area contributed by atoms with Crippen LogP contribution in [0.5, 0.6) is 11.5 Å². The van der Waals surface area contributed by atoms with E-state index in [-0.39, 0.29) is 23.2 Å². The van der Waals surface area contributed by atoms with Crippen molar-refractivity contribution in [1.29, 1.82) is 0 Å². The zero-order valence-electron chi connectivity index (χ0n) is 17.7. The van der Waals surface area contributed by atoms with Gasteiger partial charge in [-0.1, -0.05) is 36.9 Å². The average molecular weight is 450 g/mol. The van der Waals surface area contributed by atoms with Crippen molar-refractivity contribution >= 4 is 17.5 Å². The number of nitrogens with one attached hydrogen (secondary N) is 1. The summed E-state index contributed by atoms with van der Waals surface area (Å²) in [5.41, 5.74) is 2.65. The van der Waals surface area contributed by atoms with E-state index < -0.39 is 11.7 Å². The molecule has 1 amide bonds. The molecule has 1 fully saturated rings. The standard InChI is InChI=1S/C25H20F2N2O4/c1-14-6-9-21(28-22(14)17-5-3-4-16(12-17)15(2)30)29-23(31)24(10-11-24)18-7-8-19-20(13-18)33-25(26,27)32-19/h3-9,12-13,30H,2,10-11H2,1H3,(H,28,29,31). The van der Waals surface area contributed by atoms with E-state index in [1.54, 1.807) is 30.3 Å². The zero-order valence-corrected chi connectivity index (χ0v) is 17.7. The normalized spacial score (nSPS) is 16.8. The molecule has 1 saturated carbocycles. The lowest BCUT2D eigenvalue weighted by Gasteiger charge is -2.17. The van der Waals surface area contributed by atoms with Crippen LogP contribution in [0.15, 0.2) is 61.2 Å². The number of fused-ring (bicyclic) bond motifs is 1. The molecule has 0 spiro atoms. The predicted molar refractivity (Wildman–Crippen MR) is 118 cm³/mol. The first-order valence-corrected chi connectivity index (χ1v) is 10.4. The highest BCUT2D eigenvalue weighted by atomic mass is 19.3. The number of hydrogen-bond acceptors (Lipinski definition) is 5. The van der Waals surface area contributed by atoms with Crippen LogP contribution in [0.1, 0.15) is 29.5 Å². The highest BCUT2D eigenvalue weighted by molar-refractivity contribution is 6.01. The Morgan fingerprint density at radius 2 is 1.85 bits per heavy atom. The van der Waals surface area contributed by atoms with E-state index in [0.29, 0.717) is 35.5 Å². The molecule has 1 aromatic heterocycles. The molecule has 1 aliphatic heterocycles. The molecule has 6 nitrogen and oxygen atoms in total. The molecule has 2 aromatic carbocycles. The first kappa shape index (κ1) is 20.9. The topological polar surface area (TPSA) is 80.7 Å². The van der Waals surface area contributed by atoms with Crippen LogP contribution >= 0.6 is 0 Å². The number of rotatable bonds is 5. The number of nitrogens with zero attached hydrogens (tertiary/aromatic N) is 1. The van der Waals surface area contributed by atoms with Crippen LogP contribution in [0.3, 0.4) is 0 Å². The summed E-state index contributed by atoms with van der Waals surface area (Å²) in [6.45, 7) is 5.45. The number of aliphatic hydroxyl groups is 1. The average Bonchev–Trinajstić information content (AvgIpc) is 3.52.